The van der Waals surface area contributed by atoms with E-state index in [0.717, 1.165) is 16.8 Å². The Balaban J connectivity index is 2.16. The number of aryl methyl sites for hydroxylation is 1. The number of anilines is 1. The predicted molar refractivity (Wildman–Crippen MR) is 82.5 cm³/mol. The number of aromatic hydroxyl groups is 2. The third kappa shape index (κ3) is 3.17. The fourth-order valence-corrected chi connectivity index (χ4v) is 2.42. The number of phenols is 2. The summed E-state index contributed by atoms with van der Waals surface area (Å²) in [6, 6.07) is 8.79. The van der Waals surface area contributed by atoms with Crippen LogP contribution in [0.2, 0.25) is 0 Å². The third-order valence-electron chi connectivity index (χ3n) is 3.00. The normalized spacial score (nSPS) is 10.3. The molecule has 0 fully saturated rings. The Morgan fingerprint density at radius 2 is 1.95 bits per heavy atom. The Kier molecular flexibility index (Phi) is 4.39. The fourth-order valence-electron chi connectivity index (χ4n) is 1.93. The topological polar surface area (TPSA) is 61.7 Å². The molecule has 0 spiro atoms. The number of ether oxygens (including phenoxy) is 1. The Hall–Kier alpha value is -1.88. The highest BCUT2D eigenvalue weighted by Gasteiger charge is 2.08. The fraction of sp³-hybridized carbons (Fsp3) is 0.200. The molecule has 2 aromatic carbocycles. The molecule has 0 atom stereocenters. The largest absolute Gasteiger partial charge is 0.508 e. The summed E-state index contributed by atoms with van der Waals surface area (Å²) in [6.07, 6.45) is 0. The molecule has 0 saturated heterocycles. The first-order chi connectivity index (χ1) is 9.51. The van der Waals surface area contributed by atoms with Crippen molar-refractivity contribution in [1.29, 1.82) is 0 Å². The SMILES string of the molecule is COc1cc(CNc2ccc(O)cc2C)cc(Br)c1O. The van der Waals surface area contributed by atoms with Crippen LogP contribution < -0.4 is 10.1 Å². The number of hydrogen-bond acceptors (Lipinski definition) is 4. The van der Waals surface area contributed by atoms with Crippen LogP contribution in [0.25, 0.3) is 0 Å². The maximum absolute atomic E-state index is 9.76. The van der Waals surface area contributed by atoms with Crippen LogP contribution in [0.1, 0.15) is 11.1 Å². The van der Waals surface area contributed by atoms with E-state index in [1.54, 1.807) is 18.2 Å². The smallest absolute Gasteiger partial charge is 0.172 e. The zero-order valence-electron chi connectivity index (χ0n) is 11.3. The molecule has 0 heterocycles. The number of nitrogens with one attached hydrogen (secondary N) is 1. The van der Waals surface area contributed by atoms with Gasteiger partial charge in [0, 0.05) is 12.2 Å². The van der Waals surface area contributed by atoms with Gasteiger partial charge in [0.25, 0.3) is 0 Å². The lowest BCUT2D eigenvalue weighted by Crippen LogP contribution is -2.01. The summed E-state index contributed by atoms with van der Waals surface area (Å²) in [5.41, 5.74) is 2.89. The maximum atomic E-state index is 9.76. The minimum Gasteiger partial charge on any atom is -0.508 e. The molecule has 0 aliphatic carbocycles. The van der Waals surface area contributed by atoms with E-state index in [4.69, 9.17) is 4.74 Å². The summed E-state index contributed by atoms with van der Waals surface area (Å²) in [7, 11) is 1.52. The first-order valence-corrected chi connectivity index (χ1v) is 6.89. The molecule has 0 aromatic heterocycles. The highest BCUT2D eigenvalue weighted by molar-refractivity contribution is 9.10. The van der Waals surface area contributed by atoms with E-state index in [1.165, 1.54) is 7.11 Å². The van der Waals surface area contributed by atoms with Crippen LogP contribution in [0.4, 0.5) is 5.69 Å². The van der Waals surface area contributed by atoms with Crippen molar-refractivity contribution in [2.45, 2.75) is 13.5 Å². The van der Waals surface area contributed by atoms with Crippen molar-refractivity contribution in [2.24, 2.45) is 0 Å². The van der Waals surface area contributed by atoms with Crippen LogP contribution in [0.5, 0.6) is 17.2 Å². The quantitative estimate of drug-likeness (QED) is 0.743. The van der Waals surface area contributed by atoms with Crippen LogP contribution in [-0.2, 0) is 6.54 Å². The molecule has 0 amide bonds. The van der Waals surface area contributed by atoms with Gasteiger partial charge in [-0.3, -0.25) is 0 Å². The molecular weight excluding hydrogens is 322 g/mol. The van der Waals surface area contributed by atoms with Gasteiger partial charge in [-0.2, -0.15) is 0 Å². The van der Waals surface area contributed by atoms with E-state index in [9.17, 15) is 10.2 Å². The van der Waals surface area contributed by atoms with Crippen LogP contribution in [-0.4, -0.2) is 17.3 Å². The third-order valence-corrected chi connectivity index (χ3v) is 3.61. The highest BCUT2D eigenvalue weighted by atomic mass is 79.9. The Morgan fingerprint density at radius 1 is 1.20 bits per heavy atom. The molecule has 0 aliphatic rings. The van der Waals surface area contributed by atoms with Gasteiger partial charge in [-0.05, 0) is 64.3 Å². The molecule has 0 radical (unpaired) electrons. The number of hydrogen-bond donors (Lipinski definition) is 3. The van der Waals surface area contributed by atoms with Crippen molar-refractivity contribution in [1.82, 2.24) is 0 Å². The summed E-state index contributed by atoms with van der Waals surface area (Å²) in [6.45, 7) is 2.51. The number of halogens is 1. The monoisotopic (exact) mass is 337 g/mol. The van der Waals surface area contributed by atoms with E-state index in [0.29, 0.717) is 16.8 Å². The minimum absolute atomic E-state index is 0.0945. The van der Waals surface area contributed by atoms with Gasteiger partial charge >= 0.3 is 0 Å². The van der Waals surface area contributed by atoms with Crippen molar-refractivity contribution in [3.8, 4) is 17.2 Å². The second kappa shape index (κ2) is 6.05. The molecule has 0 saturated carbocycles. The zero-order chi connectivity index (χ0) is 14.7. The summed E-state index contributed by atoms with van der Waals surface area (Å²) >= 11 is 3.30. The summed E-state index contributed by atoms with van der Waals surface area (Å²) in [5.74, 6) is 0.776. The molecule has 2 aromatic rings. The molecule has 2 rings (SSSR count). The van der Waals surface area contributed by atoms with Crippen LogP contribution in [0.15, 0.2) is 34.8 Å². The molecule has 0 bridgehead atoms. The van der Waals surface area contributed by atoms with Gasteiger partial charge in [-0.15, -0.1) is 0 Å². The standard InChI is InChI=1S/C15H16BrNO3/c1-9-5-11(18)3-4-13(9)17-8-10-6-12(16)15(19)14(7-10)20-2/h3-7,17-19H,8H2,1-2H3. The molecule has 20 heavy (non-hydrogen) atoms. The van der Waals surface area contributed by atoms with Gasteiger partial charge < -0.3 is 20.3 Å². The van der Waals surface area contributed by atoms with Gasteiger partial charge in [0.1, 0.15) is 5.75 Å². The average Bonchev–Trinajstić information content (AvgIpc) is 2.41. The van der Waals surface area contributed by atoms with Gasteiger partial charge in [0.15, 0.2) is 11.5 Å². The van der Waals surface area contributed by atoms with E-state index in [2.05, 4.69) is 21.2 Å². The predicted octanol–water partition coefficient (Wildman–Crippen LogP) is 3.79. The summed E-state index contributed by atoms with van der Waals surface area (Å²) in [5, 5.41) is 22.4. The van der Waals surface area contributed by atoms with Gasteiger partial charge in [0.05, 0.1) is 11.6 Å². The Labute approximate surface area is 126 Å². The van der Waals surface area contributed by atoms with Crippen molar-refractivity contribution in [3.05, 3.63) is 45.9 Å². The molecule has 0 unspecified atom stereocenters. The van der Waals surface area contributed by atoms with E-state index in [-0.39, 0.29) is 11.5 Å². The van der Waals surface area contributed by atoms with Crippen molar-refractivity contribution >= 4 is 21.6 Å². The average molecular weight is 338 g/mol. The van der Waals surface area contributed by atoms with Crippen LogP contribution in [0, 0.1) is 6.92 Å². The highest BCUT2D eigenvalue weighted by Crippen LogP contribution is 2.35. The van der Waals surface area contributed by atoms with Crippen molar-refractivity contribution in [3.63, 3.8) is 0 Å². The summed E-state index contributed by atoms with van der Waals surface area (Å²) < 4.78 is 5.71. The second-order valence-electron chi connectivity index (χ2n) is 4.48. The minimum atomic E-state index is 0.0945. The van der Waals surface area contributed by atoms with E-state index < -0.39 is 0 Å². The molecule has 0 aliphatic heterocycles. The maximum Gasteiger partial charge on any atom is 0.172 e. The number of benzene rings is 2. The van der Waals surface area contributed by atoms with Gasteiger partial charge in [-0.1, -0.05) is 0 Å². The lowest BCUT2D eigenvalue weighted by atomic mass is 10.1. The molecule has 5 heteroatoms. The van der Waals surface area contributed by atoms with Crippen molar-refractivity contribution in [2.75, 3.05) is 12.4 Å². The summed E-state index contributed by atoms with van der Waals surface area (Å²) in [4.78, 5) is 0. The zero-order valence-corrected chi connectivity index (χ0v) is 12.9. The number of phenolic OH excluding ortho intramolecular Hbond substituents is 2. The lowest BCUT2D eigenvalue weighted by molar-refractivity contribution is 0.371. The van der Waals surface area contributed by atoms with E-state index in [1.807, 2.05) is 19.1 Å². The van der Waals surface area contributed by atoms with Crippen LogP contribution >= 0.6 is 15.9 Å². The van der Waals surface area contributed by atoms with Gasteiger partial charge in [-0.25, -0.2) is 0 Å². The Bertz CT molecular complexity index is 629. The second-order valence-corrected chi connectivity index (χ2v) is 5.34. The molecular formula is C15H16BrNO3. The van der Waals surface area contributed by atoms with Crippen LogP contribution in [0.3, 0.4) is 0 Å². The lowest BCUT2D eigenvalue weighted by Gasteiger charge is -2.12. The first-order valence-electron chi connectivity index (χ1n) is 6.10. The molecule has 4 nitrogen and oxygen atoms in total. The Morgan fingerprint density at radius 3 is 2.60 bits per heavy atom. The molecule has 106 valence electrons. The first kappa shape index (κ1) is 14.5. The van der Waals surface area contributed by atoms with Gasteiger partial charge in [0.2, 0.25) is 0 Å². The van der Waals surface area contributed by atoms with Crippen molar-refractivity contribution < 1.29 is 14.9 Å². The number of methoxy groups -OCH3 is 1. The number of rotatable bonds is 4. The van der Waals surface area contributed by atoms with E-state index >= 15 is 0 Å². The molecule has 3 N–H and O–H groups in total.